The number of allylic oxidation sites excluding steroid dienone is 1. The Bertz CT molecular complexity index is 647. The summed E-state index contributed by atoms with van der Waals surface area (Å²) in [6.07, 6.45) is 4.89. The van der Waals surface area contributed by atoms with Gasteiger partial charge in [-0.1, -0.05) is 15.9 Å². The lowest BCUT2D eigenvalue weighted by Gasteiger charge is -2.07. The highest BCUT2D eigenvalue weighted by Gasteiger charge is 2.07. The molecule has 0 atom stereocenters. The summed E-state index contributed by atoms with van der Waals surface area (Å²) in [5.74, 6) is 0.664. The number of halogens is 1. The summed E-state index contributed by atoms with van der Waals surface area (Å²) in [6.45, 7) is 2.51. The van der Waals surface area contributed by atoms with Crippen LogP contribution in [0.4, 0.5) is 0 Å². The molecule has 2 aromatic rings. The lowest BCUT2D eigenvalue weighted by atomic mass is 10.1. The molecule has 0 spiro atoms. The number of ketones is 1. The molecule has 1 heterocycles. The van der Waals surface area contributed by atoms with Gasteiger partial charge in [-0.05, 0) is 43.3 Å². The first-order valence-corrected chi connectivity index (χ1v) is 7.04. The van der Waals surface area contributed by atoms with Gasteiger partial charge in [0.2, 0.25) is 5.78 Å². The van der Waals surface area contributed by atoms with E-state index in [-0.39, 0.29) is 5.78 Å². The molecule has 0 fully saturated rings. The van der Waals surface area contributed by atoms with Gasteiger partial charge in [-0.3, -0.25) is 9.48 Å². The van der Waals surface area contributed by atoms with Crippen LogP contribution in [0.5, 0.6) is 5.75 Å². The van der Waals surface area contributed by atoms with E-state index in [9.17, 15) is 4.79 Å². The van der Waals surface area contributed by atoms with Crippen molar-refractivity contribution in [2.45, 2.75) is 6.92 Å². The largest absolute Gasteiger partial charge is 0.493 e. The summed E-state index contributed by atoms with van der Waals surface area (Å²) in [6, 6.07) is 7.39. The van der Waals surface area contributed by atoms with Gasteiger partial charge in [0, 0.05) is 23.3 Å². The molecule has 0 saturated heterocycles. The summed E-state index contributed by atoms with van der Waals surface area (Å²) >= 11 is 3.42. The average molecular weight is 335 g/mol. The number of carbonyl (C=O) groups excluding carboxylic acids is 1. The zero-order chi connectivity index (χ0) is 14.5. The van der Waals surface area contributed by atoms with Crippen molar-refractivity contribution in [3.8, 4) is 5.75 Å². The van der Waals surface area contributed by atoms with Crippen LogP contribution in [0.2, 0.25) is 0 Å². The maximum atomic E-state index is 12.1. The Labute approximate surface area is 126 Å². The molecule has 5 heteroatoms. The smallest absolute Gasteiger partial charge is 0.203 e. The minimum absolute atomic E-state index is 0.0903. The molecular formula is C15H15BrN2O2. The second-order valence-corrected chi connectivity index (χ2v) is 5.07. The molecule has 20 heavy (non-hydrogen) atoms. The molecule has 0 amide bonds. The van der Waals surface area contributed by atoms with Gasteiger partial charge in [0.1, 0.15) is 11.4 Å². The third-order valence-corrected chi connectivity index (χ3v) is 3.25. The number of aromatic nitrogens is 2. The first-order valence-electron chi connectivity index (χ1n) is 6.24. The van der Waals surface area contributed by atoms with E-state index < -0.39 is 0 Å². The fraction of sp³-hybridized carbons (Fsp3) is 0.200. The Morgan fingerprint density at radius 3 is 2.90 bits per heavy atom. The number of carbonyl (C=O) groups is 1. The maximum Gasteiger partial charge on any atom is 0.203 e. The molecule has 1 aromatic heterocycles. The summed E-state index contributed by atoms with van der Waals surface area (Å²) in [7, 11) is 1.74. The number of ether oxygens (including phenoxy) is 1. The van der Waals surface area contributed by atoms with Crippen LogP contribution in [-0.2, 0) is 7.05 Å². The average Bonchev–Trinajstić information content (AvgIpc) is 2.85. The predicted octanol–water partition coefficient (Wildman–Crippen LogP) is 3.48. The highest BCUT2D eigenvalue weighted by atomic mass is 79.9. The molecule has 104 valence electrons. The third-order valence-electron chi connectivity index (χ3n) is 2.76. The SMILES string of the molecule is CCOc1ccc(Br)cc1/C=C/C(=O)c1ccnn1C. The minimum Gasteiger partial charge on any atom is -0.493 e. The van der Waals surface area contributed by atoms with Crippen LogP contribution in [0.3, 0.4) is 0 Å². The van der Waals surface area contributed by atoms with E-state index in [1.807, 2.05) is 25.1 Å². The zero-order valence-electron chi connectivity index (χ0n) is 11.3. The van der Waals surface area contributed by atoms with Gasteiger partial charge in [0.25, 0.3) is 0 Å². The Kier molecular flexibility index (Phi) is 4.74. The summed E-state index contributed by atoms with van der Waals surface area (Å²) in [4.78, 5) is 12.1. The number of aryl methyl sites for hydroxylation is 1. The zero-order valence-corrected chi connectivity index (χ0v) is 12.9. The standard InChI is InChI=1S/C15H15BrN2O2/c1-3-20-15-7-5-12(16)10-11(15)4-6-14(19)13-8-9-17-18(13)2/h4-10H,3H2,1-2H3/b6-4+. The van der Waals surface area contributed by atoms with Crippen molar-refractivity contribution in [1.29, 1.82) is 0 Å². The Hall–Kier alpha value is -1.88. The first kappa shape index (κ1) is 14.5. The molecule has 0 saturated carbocycles. The van der Waals surface area contributed by atoms with Crippen LogP contribution in [0.15, 0.2) is 41.0 Å². The normalized spacial score (nSPS) is 10.9. The fourth-order valence-electron chi connectivity index (χ4n) is 1.80. The van der Waals surface area contributed by atoms with Crippen molar-refractivity contribution in [3.05, 3.63) is 52.3 Å². The quantitative estimate of drug-likeness (QED) is 0.621. The number of hydrogen-bond donors (Lipinski definition) is 0. The lowest BCUT2D eigenvalue weighted by molar-refractivity contribution is 0.103. The van der Waals surface area contributed by atoms with Crippen LogP contribution in [-0.4, -0.2) is 22.2 Å². The second kappa shape index (κ2) is 6.52. The van der Waals surface area contributed by atoms with Crippen molar-refractivity contribution < 1.29 is 9.53 Å². The van der Waals surface area contributed by atoms with Crippen molar-refractivity contribution in [1.82, 2.24) is 9.78 Å². The number of benzene rings is 1. The van der Waals surface area contributed by atoms with Crippen LogP contribution in [0, 0.1) is 0 Å². The molecule has 0 radical (unpaired) electrons. The molecule has 0 bridgehead atoms. The molecule has 2 rings (SSSR count). The molecule has 0 aliphatic heterocycles. The Balaban J connectivity index is 2.25. The molecule has 0 aliphatic carbocycles. The molecule has 0 N–H and O–H groups in total. The number of hydrogen-bond acceptors (Lipinski definition) is 3. The van der Waals surface area contributed by atoms with Gasteiger partial charge < -0.3 is 4.74 Å². The molecule has 4 nitrogen and oxygen atoms in total. The highest BCUT2D eigenvalue weighted by molar-refractivity contribution is 9.10. The van der Waals surface area contributed by atoms with Gasteiger partial charge >= 0.3 is 0 Å². The third kappa shape index (κ3) is 3.36. The van der Waals surface area contributed by atoms with Crippen molar-refractivity contribution in [3.63, 3.8) is 0 Å². The fourth-order valence-corrected chi connectivity index (χ4v) is 2.18. The van der Waals surface area contributed by atoms with E-state index in [1.54, 1.807) is 30.1 Å². The van der Waals surface area contributed by atoms with E-state index in [1.165, 1.54) is 6.08 Å². The van der Waals surface area contributed by atoms with Crippen molar-refractivity contribution >= 4 is 27.8 Å². The van der Waals surface area contributed by atoms with E-state index in [0.717, 1.165) is 15.8 Å². The van der Waals surface area contributed by atoms with E-state index in [4.69, 9.17) is 4.74 Å². The maximum absolute atomic E-state index is 12.1. The van der Waals surface area contributed by atoms with Gasteiger partial charge in [0.05, 0.1) is 6.61 Å². The van der Waals surface area contributed by atoms with E-state index in [0.29, 0.717) is 12.3 Å². The van der Waals surface area contributed by atoms with Gasteiger partial charge in [-0.25, -0.2) is 0 Å². The van der Waals surface area contributed by atoms with Crippen LogP contribution < -0.4 is 4.74 Å². The Morgan fingerprint density at radius 2 is 2.25 bits per heavy atom. The van der Waals surface area contributed by atoms with Crippen LogP contribution in [0.25, 0.3) is 6.08 Å². The van der Waals surface area contributed by atoms with E-state index in [2.05, 4.69) is 21.0 Å². The van der Waals surface area contributed by atoms with Crippen molar-refractivity contribution in [2.75, 3.05) is 6.61 Å². The highest BCUT2D eigenvalue weighted by Crippen LogP contribution is 2.24. The van der Waals surface area contributed by atoms with Crippen LogP contribution in [0.1, 0.15) is 23.0 Å². The first-order chi connectivity index (χ1) is 9.61. The van der Waals surface area contributed by atoms with Crippen LogP contribution >= 0.6 is 15.9 Å². The molecule has 0 unspecified atom stereocenters. The lowest BCUT2D eigenvalue weighted by Crippen LogP contribution is -2.03. The summed E-state index contributed by atoms with van der Waals surface area (Å²) in [5, 5.41) is 3.98. The van der Waals surface area contributed by atoms with Gasteiger partial charge in [-0.2, -0.15) is 5.10 Å². The van der Waals surface area contributed by atoms with Gasteiger partial charge in [0.15, 0.2) is 0 Å². The van der Waals surface area contributed by atoms with E-state index >= 15 is 0 Å². The molecule has 0 aliphatic rings. The molecular weight excluding hydrogens is 320 g/mol. The Morgan fingerprint density at radius 1 is 1.45 bits per heavy atom. The van der Waals surface area contributed by atoms with Crippen molar-refractivity contribution in [2.24, 2.45) is 7.05 Å². The monoisotopic (exact) mass is 334 g/mol. The topological polar surface area (TPSA) is 44.1 Å². The number of nitrogens with zero attached hydrogens (tertiary/aromatic N) is 2. The number of rotatable bonds is 5. The summed E-state index contributed by atoms with van der Waals surface area (Å²) < 4.78 is 8.03. The van der Waals surface area contributed by atoms with Gasteiger partial charge in [-0.15, -0.1) is 0 Å². The second-order valence-electron chi connectivity index (χ2n) is 4.15. The molecule has 1 aromatic carbocycles. The summed E-state index contributed by atoms with van der Waals surface area (Å²) in [5.41, 5.74) is 1.41. The predicted molar refractivity (Wildman–Crippen MR) is 81.9 cm³/mol. The minimum atomic E-state index is -0.0903.